The van der Waals surface area contributed by atoms with E-state index in [0.29, 0.717) is 17.5 Å². The van der Waals surface area contributed by atoms with Crippen LogP contribution < -0.4 is 0 Å². The molecule has 5 heteroatoms. The fraction of sp³-hybridized carbons (Fsp3) is 0.543. The number of aliphatic imine (C=N–C) groups is 1. The number of likely N-dealkylation sites (tertiary alicyclic amines) is 1. The number of nitrogens with zero attached hydrogens (tertiary/aromatic N) is 3. The number of β-amino-alcohol motifs (C(OH)–C–C–N with tert-alkyl or cyclic N) is 1. The molecule has 2 atom stereocenters. The van der Waals surface area contributed by atoms with E-state index < -0.39 is 0 Å². The number of carbonyl (C=O) groups excluding carboxylic acids is 1. The van der Waals surface area contributed by atoms with Crippen molar-refractivity contribution in [3.8, 4) is 0 Å². The highest BCUT2D eigenvalue weighted by Crippen LogP contribution is 2.30. The molecule has 0 aromatic rings. The van der Waals surface area contributed by atoms with Gasteiger partial charge >= 0.3 is 0 Å². The van der Waals surface area contributed by atoms with Crippen LogP contribution in [-0.4, -0.2) is 52.6 Å². The fourth-order valence-corrected chi connectivity index (χ4v) is 5.02. The number of hydrogen-bond donors (Lipinski definition) is 1. The molecule has 220 valence electrons. The van der Waals surface area contributed by atoms with Gasteiger partial charge in [0, 0.05) is 42.0 Å². The van der Waals surface area contributed by atoms with Gasteiger partial charge in [0.2, 0.25) is 0 Å². The largest absolute Gasteiger partial charge is 0.395 e. The first-order chi connectivity index (χ1) is 19.0. The predicted octanol–water partition coefficient (Wildman–Crippen LogP) is 7.76. The first-order valence-corrected chi connectivity index (χ1v) is 15.1. The first kappa shape index (κ1) is 33.4. The predicted molar refractivity (Wildman–Crippen MR) is 171 cm³/mol. The van der Waals surface area contributed by atoms with Crippen molar-refractivity contribution in [3.63, 3.8) is 0 Å². The molecule has 0 amide bonds. The Morgan fingerprint density at radius 2 is 1.80 bits per heavy atom. The zero-order valence-electron chi connectivity index (χ0n) is 26.3. The summed E-state index contributed by atoms with van der Waals surface area (Å²) in [6, 6.07) is 0. The van der Waals surface area contributed by atoms with E-state index in [9.17, 15) is 9.90 Å². The van der Waals surface area contributed by atoms with Crippen molar-refractivity contribution in [3.05, 3.63) is 83.0 Å². The lowest BCUT2D eigenvalue weighted by Gasteiger charge is -2.32. The number of rotatable bonds is 13. The molecular weight excluding hydrogens is 494 g/mol. The van der Waals surface area contributed by atoms with Crippen LogP contribution in [0.25, 0.3) is 0 Å². The van der Waals surface area contributed by atoms with Gasteiger partial charge in [0.15, 0.2) is 5.78 Å². The summed E-state index contributed by atoms with van der Waals surface area (Å²) >= 11 is 0. The molecule has 0 bridgehead atoms. The summed E-state index contributed by atoms with van der Waals surface area (Å²) in [5.41, 5.74) is 7.17. The molecule has 5 nitrogen and oxygen atoms in total. The van der Waals surface area contributed by atoms with E-state index in [4.69, 9.17) is 4.99 Å². The molecule has 40 heavy (non-hydrogen) atoms. The molecule has 0 saturated carbocycles. The average Bonchev–Trinajstić information content (AvgIpc) is 2.94. The normalized spacial score (nSPS) is 20.6. The number of ketones is 1. The van der Waals surface area contributed by atoms with Gasteiger partial charge in [-0.1, -0.05) is 52.0 Å². The Kier molecular flexibility index (Phi) is 13.8. The third-order valence-corrected chi connectivity index (χ3v) is 8.41. The average molecular weight is 548 g/mol. The van der Waals surface area contributed by atoms with Crippen LogP contribution in [0.5, 0.6) is 0 Å². The molecule has 0 radical (unpaired) electrons. The van der Waals surface area contributed by atoms with E-state index in [-0.39, 0.29) is 18.3 Å². The number of aliphatic hydroxyl groups excluding tert-OH is 1. The van der Waals surface area contributed by atoms with Gasteiger partial charge in [-0.3, -0.25) is 9.79 Å². The molecule has 1 fully saturated rings. The number of piperidine rings is 1. The summed E-state index contributed by atoms with van der Waals surface area (Å²) in [5.74, 6) is 1.20. The second-order valence-electron chi connectivity index (χ2n) is 11.4. The van der Waals surface area contributed by atoms with Crippen molar-refractivity contribution in [1.29, 1.82) is 0 Å². The Labute approximate surface area is 244 Å². The van der Waals surface area contributed by atoms with Gasteiger partial charge in [0.25, 0.3) is 0 Å². The number of carbonyl (C=O) groups is 1. The van der Waals surface area contributed by atoms with E-state index in [1.807, 2.05) is 0 Å². The van der Waals surface area contributed by atoms with Gasteiger partial charge in [-0.25, -0.2) is 0 Å². The zero-order chi connectivity index (χ0) is 29.8. The van der Waals surface area contributed by atoms with Crippen molar-refractivity contribution in [2.75, 3.05) is 26.2 Å². The lowest BCUT2D eigenvalue weighted by Crippen LogP contribution is -2.35. The van der Waals surface area contributed by atoms with E-state index in [0.717, 1.165) is 67.9 Å². The maximum Gasteiger partial charge on any atom is 0.154 e. The standard InChI is InChI=1S/C35H53N3O2/c1-10-25(4)28(7)23-38-24-33(21-27(6)30(38)9)35(22-29(8)40)36-34(26(5)11-2)14-13-31(12-3)32-15-17-37(18-16-32)19-20-39/h12-14,21-26,32,39H,9-11,15-20H2,1-8H3/b14-13-,28-23-,31-12+,35-22-,36-34-. The molecule has 2 heterocycles. The molecule has 1 saturated heterocycles. The molecule has 0 aromatic heterocycles. The molecular formula is C35H53N3O2. The van der Waals surface area contributed by atoms with Crippen molar-refractivity contribution >= 4 is 11.5 Å². The molecule has 1 N–H and O–H groups in total. The van der Waals surface area contributed by atoms with Crippen molar-refractivity contribution in [1.82, 2.24) is 9.80 Å². The van der Waals surface area contributed by atoms with Crippen LogP contribution in [0.15, 0.2) is 88.0 Å². The van der Waals surface area contributed by atoms with Crippen LogP contribution in [0, 0.1) is 17.8 Å². The van der Waals surface area contributed by atoms with E-state index >= 15 is 0 Å². The minimum atomic E-state index is -0.0238. The lowest BCUT2D eigenvalue weighted by atomic mass is 9.88. The summed E-state index contributed by atoms with van der Waals surface area (Å²) in [7, 11) is 0. The molecule has 2 aliphatic rings. The van der Waals surface area contributed by atoms with Crippen LogP contribution >= 0.6 is 0 Å². The van der Waals surface area contributed by atoms with Gasteiger partial charge in [0.1, 0.15) is 0 Å². The van der Waals surface area contributed by atoms with Crippen LogP contribution in [-0.2, 0) is 4.79 Å². The van der Waals surface area contributed by atoms with Gasteiger partial charge in [-0.15, -0.1) is 0 Å². The minimum Gasteiger partial charge on any atom is -0.395 e. The summed E-state index contributed by atoms with van der Waals surface area (Å²) in [6.07, 6.45) is 18.8. The van der Waals surface area contributed by atoms with E-state index in [1.165, 1.54) is 11.1 Å². The highest BCUT2D eigenvalue weighted by Gasteiger charge is 2.21. The monoisotopic (exact) mass is 547 g/mol. The zero-order valence-corrected chi connectivity index (χ0v) is 26.3. The van der Waals surface area contributed by atoms with Gasteiger partial charge in [-0.05, 0) is 108 Å². The van der Waals surface area contributed by atoms with Gasteiger partial charge in [0.05, 0.1) is 12.3 Å². The third kappa shape index (κ3) is 9.71. The summed E-state index contributed by atoms with van der Waals surface area (Å²) < 4.78 is 0. The second kappa shape index (κ2) is 16.5. The minimum absolute atomic E-state index is 0.0238. The third-order valence-electron chi connectivity index (χ3n) is 8.41. The van der Waals surface area contributed by atoms with Crippen molar-refractivity contribution in [2.45, 2.75) is 81.1 Å². The van der Waals surface area contributed by atoms with Gasteiger partial charge < -0.3 is 14.9 Å². The van der Waals surface area contributed by atoms with E-state index in [1.54, 1.807) is 13.0 Å². The number of allylic oxidation sites excluding steroid dienone is 8. The topological polar surface area (TPSA) is 56.1 Å². The Hall–Kier alpha value is -2.76. The van der Waals surface area contributed by atoms with Gasteiger partial charge in [-0.2, -0.15) is 0 Å². The van der Waals surface area contributed by atoms with Crippen molar-refractivity contribution < 1.29 is 9.90 Å². The number of hydrogen-bond acceptors (Lipinski definition) is 5. The maximum atomic E-state index is 12.4. The van der Waals surface area contributed by atoms with Crippen molar-refractivity contribution in [2.24, 2.45) is 22.7 Å². The maximum absolute atomic E-state index is 12.4. The Balaban J connectivity index is 2.46. The quantitative estimate of drug-likeness (QED) is 0.145. The molecule has 2 unspecified atom stereocenters. The highest BCUT2D eigenvalue weighted by molar-refractivity contribution is 5.99. The molecule has 0 aliphatic carbocycles. The Morgan fingerprint density at radius 3 is 2.35 bits per heavy atom. The molecule has 0 spiro atoms. The van der Waals surface area contributed by atoms with Crippen LogP contribution in [0.1, 0.15) is 81.1 Å². The van der Waals surface area contributed by atoms with E-state index in [2.05, 4.69) is 102 Å². The Bertz CT molecular complexity index is 1110. The molecule has 0 aromatic carbocycles. The Morgan fingerprint density at radius 1 is 1.15 bits per heavy atom. The molecule has 2 aliphatic heterocycles. The number of aliphatic hydroxyl groups is 1. The summed E-state index contributed by atoms with van der Waals surface area (Å²) in [5, 5.41) is 9.27. The lowest BCUT2D eigenvalue weighted by molar-refractivity contribution is -0.112. The summed E-state index contributed by atoms with van der Waals surface area (Å²) in [4.78, 5) is 21.9. The highest BCUT2D eigenvalue weighted by atomic mass is 16.3. The smallest absolute Gasteiger partial charge is 0.154 e. The SMILES string of the molecule is C=C1C(C)=CC(C(=C/C(C)=O)/N=C(/C=C\C(=C/C)C2CCN(CCO)CC2)C(C)CC)=CN1/C=C(/C)C(C)CC. The second-order valence-corrected chi connectivity index (χ2v) is 11.4. The van der Waals surface area contributed by atoms with Crippen LogP contribution in [0.4, 0.5) is 0 Å². The van der Waals surface area contributed by atoms with Crippen LogP contribution in [0.3, 0.4) is 0 Å². The molecule has 2 rings (SSSR count). The van der Waals surface area contributed by atoms with Crippen LogP contribution in [0.2, 0.25) is 0 Å². The first-order valence-electron chi connectivity index (χ1n) is 15.1. The fourth-order valence-electron chi connectivity index (χ4n) is 5.02. The summed E-state index contributed by atoms with van der Waals surface area (Å²) in [6.45, 7) is 24.0.